The van der Waals surface area contributed by atoms with Crippen LogP contribution in [0.25, 0.3) is 0 Å². The first kappa shape index (κ1) is 9.94. The number of ether oxygens (including phenoxy) is 1. The number of hydrogen-bond acceptors (Lipinski definition) is 2. The molecule has 0 aliphatic heterocycles. The van der Waals surface area contributed by atoms with Crippen LogP contribution in [0.5, 0.6) is 0 Å². The number of allylic oxidation sites excluding steroid dienone is 3. The summed E-state index contributed by atoms with van der Waals surface area (Å²) in [6.45, 7) is 1.47. The lowest BCUT2D eigenvalue weighted by atomic mass is 9.83. The normalized spacial score (nSPS) is 31.1. The first-order chi connectivity index (χ1) is 6.86. The molecule has 0 saturated heterocycles. The smallest absolute Gasteiger partial charge is 0.0680 e. The standard InChI is InChI=1S/C12H18O2/c13-12-7-6-11(12)9-14-8-10-4-2-1-3-5-10/h1-2,4,11-13H,3,5-9H2/t11-,12-/m0/s1. The van der Waals surface area contributed by atoms with Gasteiger partial charge in [0.05, 0.1) is 19.3 Å². The van der Waals surface area contributed by atoms with E-state index in [9.17, 15) is 5.11 Å². The van der Waals surface area contributed by atoms with Crippen LogP contribution in [0.3, 0.4) is 0 Å². The average molecular weight is 194 g/mol. The number of aliphatic hydroxyl groups excluding tert-OH is 1. The summed E-state index contributed by atoms with van der Waals surface area (Å²) in [5.41, 5.74) is 1.38. The van der Waals surface area contributed by atoms with Gasteiger partial charge in [0.2, 0.25) is 0 Å². The molecule has 78 valence electrons. The Morgan fingerprint density at radius 2 is 2.36 bits per heavy atom. The lowest BCUT2D eigenvalue weighted by molar-refractivity contribution is -0.0270. The lowest BCUT2D eigenvalue weighted by Gasteiger charge is -2.32. The Hall–Kier alpha value is -0.600. The Bertz CT molecular complexity index is 243. The van der Waals surface area contributed by atoms with E-state index in [1.54, 1.807) is 0 Å². The monoisotopic (exact) mass is 194 g/mol. The fraction of sp³-hybridized carbons (Fsp3) is 0.667. The molecular formula is C12H18O2. The van der Waals surface area contributed by atoms with Gasteiger partial charge in [-0.1, -0.05) is 18.2 Å². The molecule has 0 amide bonds. The maximum Gasteiger partial charge on any atom is 0.0680 e. The van der Waals surface area contributed by atoms with E-state index in [0.717, 1.165) is 38.9 Å². The van der Waals surface area contributed by atoms with Crippen molar-refractivity contribution in [1.82, 2.24) is 0 Å². The molecule has 0 bridgehead atoms. The minimum Gasteiger partial charge on any atom is -0.393 e. The minimum absolute atomic E-state index is 0.102. The van der Waals surface area contributed by atoms with Gasteiger partial charge >= 0.3 is 0 Å². The van der Waals surface area contributed by atoms with Crippen molar-refractivity contribution in [3.05, 3.63) is 23.8 Å². The van der Waals surface area contributed by atoms with Crippen molar-refractivity contribution < 1.29 is 9.84 Å². The second-order valence-corrected chi connectivity index (χ2v) is 4.21. The molecule has 0 radical (unpaired) electrons. The van der Waals surface area contributed by atoms with E-state index in [2.05, 4.69) is 18.2 Å². The summed E-state index contributed by atoms with van der Waals surface area (Å²) < 4.78 is 5.59. The molecule has 2 aliphatic rings. The van der Waals surface area contributed by atoms with E-state index in [1.807, 2.05) is 0 Å². The maximum atomic E-state index is 9.34. The molecule has 2 atom stereocenters. The van der Waals surface area contributed by atoms with Crippen molar-refractivity contribution in [1.29, 1.82) is 0 Å². The topological polar surface area (TPSA) is 29.5 Å². The Labute approximate surface area is 85.3 Å². The van der Waals surface area contributed by atoms with Gasteiger partial charge < -0.3 is 9.84 Å². The summed E-state index contributed by atoms with van der Waals surface area (Å²) in [5.74, 6) is 0.398. The van der Waals surface area contributed by atoms with Crippen LogP contribution in [0.2, 0.25) is 0 Å². The number of hydrogen-bond donors (Lipinski definition) is 1. The highest BCUT2D eigenvalue weighted by atomic mass is 16.5. The van der Waals surface area contributed by atoms with Gasteiger partial charge in [-0.3, -0.25) is 0 Å². The maximum absolute atomic E-state index is 9.34. The highest BCUT2D eigenvalue weighted by Gasteiger charge is 2.28. The van der Waals surface area contributed by atoms with Crippen LogP contribution in [0.1, 0.15) is 25.7 Å². The predicted octanol–water partition coefficient (Wildman–Crippen LogP) is 2.05. The Kier molecular flexibility index (Phi) is 3.38. The third-order valence-corrected chi connectivity index (χ3v) is 3.10. The average Bonchev–Trinajstić information content (AvgIpc) is 2.24. The van der Waals surface area contributed by atoms with Crippen LogP contribution < -0.4 is 0 Å². The van der Waals surface area contributed by atoms with E-state index >= 15 is 0 Å². The van der Waals surface area contributed by atoms with Crippen molar-refractivity contribution >= 4 is 0 Å². The second kappa shape index (κ2) is 4.76. The van der Waals surface area contributed by atoms with Crippen LogP contribution in [0.15, 0.2) is 23.8 Å². The lowest BCUT2D eigenvalue weighted by Crippen LogP contribution is -2.34. The highest BCUT2D eigenvalue weighted by molar-refractivity contribution is 5.17. The third-order valence-electron chi connectivity index (χ3n) is 3.10. The summed E-state index contributed by atoms with van der Waals surface area (Å²) in [6.07, 6.45) is 10.7. The molecule has 2 rings (SSSR count). The molecule has 14 heavy (non-hydrogen) atoms. The van der Waals surface area contributed by atoms with Crippen LogP contribution in [0, 0.1) is 5.92 Å². The zero-order chi connectivity index (χ0) is 9.80. The molecule has 0 heterocycles. The molecule has 0 aromatic heterocycles. The van der Waals surface area contributed by atoms with E-state index in [0.29, 0.717) is 5.92 Å². The minimum atomic E-state index is -0.102. The first-order valence-corrected chi connectivity index (χ1v) is 5.46. The molecule has 0 unspecified atom stereocenters. The highest BCUT2D eigenvalue weighted by Crippen LogP contribution is 2.27. The fourth-order valence-corrected chi connectivity index (χ4v) is 1.86. The molecule has 2 nitrogen and oxygen atoms in total. The zero-order valence-corrected chi connectivity index (χ0v) is 8.48. The van der Waals surface area contributed by atoms with Crippen LogP contribution in [0.4, 0.5) is 0 Å². The van der Waals surface area contributed by atoms with Crippen molar-refractivity contribution in [3.8, 4) is 0 Å². The van der Waals surface area contributed by atoms with Crippen molar-refractivity contribution in [2.45, 2.75) is 31.8 Å². The van der Waals surface area contributed by atoms with Crippen molar-refractivity contribution in [2.75, 3.05) is 13.2 Å². The van der Waals surface area contributed by atoms with Gasteiger partial charge in [0.1, 0.15) is 0 Å². The molecule has 1 fully saturated rings. The second-order valence-electron chi connectivity index (χ2n) is 4.21. The summed E-state index contributed by atoms with van der Waals surface area (Å²) in [6, 6.07) is 0. The van der Waals surface area contributed by atoms with Crippen molar-refractivity contribution in [2.24, 2.45) is 5.92 Å². The van der Waals surface area contributed by atoms with Crippen LogP contribution >= 0.6 is 0 Å². The van der Waals surface area contributed by atoms with Gasteiger partial charge in [-0.2, -0.15) is 0 Å². The molecule has 2 aliphatic carbocycles. The molecule has 0 aromatic carbocycles. The fourth-order valence-electron chi connectivity index (χ4n) is 1.86. The van der Waals surface area contributed by atoms with Gasteiger partial charge in [-0.15, -0.1) is 0 Å². The Morgan fingerprint density at radius 3 is 2.93 bits per heavy atom. The molecular weight excluding hydrogens is 176 g/mol. The first-order valence-electron chi connectivity index (χ1n) is 5.46. The predicted molar refractivity (Wildman–Crippen MR) is 56.0 cm³/mol. The third kappa shape index (κ3) is 2.46. The number of aliphatic hydroxyl groups is 1. The largest absolute Gasteiger partial charge is 0.393 e. The van der Waals surface area contributed by atoms with Crippen LogP contribution in [-0.2, 0) is 4.74 Å². The summed E-state index contributed by atoms with van der Waals surface area (Å²) in [7, 11) is 0. The van der Waals surface area contributed by atoms with Gasteiger partial charge in [-0.05, 0) is 31.3 Å². The van der Waals surface area contributed by atoms with Gasteiger partial charge in [-0.25, -0.2) is 0 Å². The summed E-state index contributed by atoms with van der Waals surface area (Å²) in [4.78, 5) is 0. The van der Waals surface area contributed by atoms with Gasteiger partial charge in [0.25, 0.3) is 0 Å². The van der Waals surface area contributed by atoms with E-state index in [1.165, 1.54) is 5.57 Å². The molecule has 0 aromatic rings. The number of rotatable bonds is 4. The Balaban J connectivity index is 1.62. The van der Waals surface area contributed by atoms with Gasteiger partial charge in [0.15, 0.2) is 0 Å². The SMILES string of the molecule is O[C@H]1CC[C@H]1COCC1=CC=CCC1. The van der Waals surface area contributed by atoms with Crippen LogP contribution in [-0.4, -0.2) is 24.4 Å². The zero-order valence-electron chi connectivity index (χ0n) is 8.48. The van der Waals surface area contributed by atoms with Gasteiger partial charge in [0, 0.05) is 5.92 Å². The summed E-state index contributed by atoms with van der Waals surface area (Å²) in [5, 5.41) is 9.34. The van der Waals surface area contributed by atoms with E-state index in [4.69, 9.17) is 4.74 Å². The molecule has 0 spiro atoms. The van der Waals surface area contributed by atoms with E-state index < -0.39 is 0 Å². The Morgan fingerprint density at radius 1 is 1.43 bits per heavy atom. The quantitative estimate of drug-likeness (QED) is 0.742. The summed E-state index contributed by atoms with van der Waals surface area (Å²) >= 11 is 0. The van der Waals surface area contributed by atoms with Crippen molar-refractivity contribution in [3.63, 3.8) is 0 Å². The molecule has 1 N–H and O–H groups in total. The van der Waals surface area contributed by atoms with E-state index in [-0.39, 0.29) is 6.10 Å². The molecule has 2 heteroatoms. The molecule has 1 saturated carbocycles.